The van der Waals surface area contributed by atoms with Crippen LogP contribution in [0.5, 0.6) is 0 Å². The van der Waals surface area contributed by atoms with Crippen molar-refractivity contribution in [3.63, 3.8) is 0 Å². The van der Waals surface area contributed by atoms with E-state index in [2.05, 4.69) is 11.9 Å². The van der Waals surface area contributed by atoms with Crippen molar-refractivity contribution in [2.45, 2.75) is 26.7 Å². The SMILES string of the molecule is C=C1c2ccccc2C(=O)N1CC(=O)Nc1c(CC)ccc(Cl)c1CC. The first-order valence-electron chi connectivity index (χ1n) is 8.68. The Kier molecular flexibility index (Phi) is 5.14. The fraction of sp³-hybridized carbons (Fsp3) is 0.238. The lowest BCUT2D eigenvalue weighted by Crippen LogP contribution is -2.33. The van der Waals surface area contributed by atoms with Crippen LogP contribution in [0.4, 0.5) is 5.69 Å². The molecule has 0 saturated carbocycles. The molecule has 0 bridgehead atoms. The molecule has 134 valence electrons. The lowest BCUT2D eigenvalue weighted by molar-refractivity contribution is -0.116. The molecule has 2 aromatic carbocycles. The molecule has 0 aliphatic carbocycles. The zero-order valence-electron chi connectivity index (χ0n) is 14.9. The van der Waals surface area contributed by atoms with Gasteiger partial charge in [0.15, 0.2) is 0 Å². The Bertz CT molecular complexity index is 870. The number of hydrogen-bond donors (Lipinski definition) is 1. The zero-order chi connectivity index (χ0) is 18.8. The topological polar surface area (TPSA) is 49.4 Å². The normalized spacial score (nSPS) is 13.1. The highest BCUT2D eigenvalue weighted by atomic mass is 35.5. The molecular formula is C21H21ClN2O2. The second-order valence-corrected chi connectivity index (χ2v) is 6.61. The predicted octanol–water partition coefficient (Wildman–Crippen LogP) is 4.53. The summed E-state index contributed by atoms with van der Waals surface area (Å²) >= 11 is 6.29. The standard InChI is InChI=1S/C21H21ClN2O2/c1-4-14-10-11-18(22)15(5-2)20(14)23-19(25)12-24-13(3)16-8-6-7-9-17(16)21(24)26/h6-11H,3-5,12H2,1-2H3,(H,23,25). The van der Waals surface area contributed by atoms with Gasteiger partial charge in [-0.15, -0.1) is 0 Å². The second-order valence-electron chi connectivity index (χ2n) is 6.20. The molecule has 0 radical (unpaired) electrons. The minimum atomic E-state index is -0.265. The van der Waals surface area contributed by atoms with Gasteiger partial charge in [-0.1, -0.05) is 56.3 Å². The van der Waals surface area contributed by atoms with Gasteiger partial charge in [0, 0.05) is 27.5 Å². The van der Waals surface area contributed by atoms with E-state index >= 15 is 0 Å². The van der Waals surface area contributed by atoms with Crippen molar-refractivity contribution < 1.29 is 9.59 Å². The number of benzene rings is 2. The maximum absolute atomic E-state index is 12.7. The molecule has 2 amide bonds. The largest absolute Gasteiger partial charge is 0.324 e. The molecule has 0 spiro atoms. The molecule has 1 N–H and O–H groups in total. The third kappa shape index (κ3) is 3.13. The van der Waals surface area contributed by atoms with Gasteiger partial charge in [0.05, 0.1) is 0 Å². The molecular weight excluding hydrogens is 348 g/mol. The van der Waals surface area contributed by atoms with Crippen molar-refractivity contribution in [1.82, 2.24) is 4.90 Å². The number of anilines is 1. The number of amides is 2. The van der Waals surface area contributed by atoms with Crippen molar-refractivity contribution in [3.05, 3.63) is 70.3 Å². The molecule has 1 aliphatic rings. The van der Waals surface area contributed by atoms with E-state index in [9.17, 15) is 9.59 Å². The van der Waals surface area contributed by atoms with Crippen molar-refractivity contribution >= 4 is 34.8 Å². The molecule has 1 aliphatic heterocycles. The van der Waals surface area contributed by atoms with Crippen molar-refractivity contribution in [2.24, 2.45) is 0 Å². The number of fused-ring (bicyclic) bond motifs is 1. The van der Waals surface area contributed by atoms with E-state index in [4.69, 9.17) is 11.6 Å². The summed E-state index contributed by atoms with van der Waals surface area (Å²) in [6.07, 6.45) is 1.49. The quantitative estimate of drug-likeness (QED) is 0.842. The highest BCUT2D eigenvalue weighted by Gasteiger charge is 2.32. The van der Waals surface area contributed by atoms with Crippen LogP contribution in [-0.4, -0.2) is 23.3 Å². The number of carbonyl (C=O) groups is 2. The number of halogens is 1. The minimum Gasteiger partial charge on any atom is -0.324 e. The molecule has 0 aromatic heterocycles. The van der Waals surface area contributed by atoms with Crippen molar-refractivity contribution in [3.8, 4) is 0 Å². The number of aryl methyl sites for hydroxylation is 1. The minimum absolute atomic E-state index is 0.0782. The summed E-state index contributed by atoms with van der Waals surface area (Å²) in [6.45, 7) is 7.92. The summed E-state index contributed by atoms with van der Waals surface area (Å²) < 4.78 is 0. The van der Waals surface area contributed by atoms with Crippen LogP contribution in [0.15, 0.2) is 43.0 Å². The van der Waals surface area contributed by atoms with Crippen LogP contribution in [0.25, 0.3) is 5.70 Å². The number of hydrogen-bond acceptors (Lipinski definition) is 2. The van der Waals surface area contributed by atoms with E-state index in [1.54, 1.807) is 12.1 Å². The molecule has 0 fully saturated rings. The van der Waals surface area contributed by atoms with E-state index in [1.165, 1.54) is 4.90 Å². The zero-order valence-corrected chi connectivity index (χ0v) is 15.7. The van der Waals surface area contributed by atoms with E-state index in [0.29, 0.717) is 22.7 Å². The second kappa shape index (κ2) is 7.34. The van der Waals surface area contributed by atoms with Crippen LogP contribution in [0.3, 0.4) is 0 Å². The summed E-state index contributed by atoms with van der Waals surface area (Å²) in [7, 11) is 0. The van der Waals surface area contributed by atoms with Crippen LogP contribution in [0, 0.1) is 0 Å². The van der Waals surface area contributed by atoms with Crippen LogP contribution < -0.4 is 5.32 Å². The highest BCUT2D eigenvalue weighted by Crippen LogP contribution is 2.32. The highest BCUT2D eigenvalue weighted by molar-refractivity contribution is 6.32. The van der Waals surface area contributed by atoms with Gasteiger partial charge in [-0.25, -0.2) is 0 Å². The summed E-state index contributed by atoms with van der Waals surface area (Å²) in [5.74, 6) is -0.461. The molecule has 0 unspecified atom stereocenters. The van der Waals surface area contributed by atoms with Gasteiger partial charge in [0.1, 0.15) is 6.54 Å². The third-order valence-corrected chi connectivity index (χ3v) is 5.04. The maximum Gasteiger partial charge on any atom is 0.259 e. The molecule has 3 rings (SSSR count). The van der Waals surface area contributed by atoms with Gasteiger partial charge >= 0.3 is 0 Å². The van der Waals surface area contributed by atoms with Gasteiger partial charge in [0.2, 0.25) is 5.91 Å². The number of rotatable bonds is 5. The summed E-state index contributed by atoms with van der Waals surface area (Å²) in [4.78, 5) is 26.6. The molecule has 26 heavy (non-hydrogen) atoms. The lowest BCUT2D eigenvalue weighted by Gasteiger charge is -2.20. The summed E-state index contributed by atoms with van der Waals surface area (Å²) in [5.41, 5.74) is 4.59. The van der Waals surface area contributed by atoms with Crippen LogP contribution in [0.1, 0.15) is 40.9 Å². The van der Waals surface area contributed by atoms with Crippen LogP contribution >= 0.6 is 11.6 Å². The Morgan fingerprint density at radius 3 is 2.42 bits per heavy atom. The van der Waals surface area contributed by atoms with Crippen LogP contribution in [0.2, 0.25) is 5.02 Å². The van der Waals surface area contributed by atoms with Crippen LogP contribution in [-0.2, 0) is 17.6 Å². The first-order valence-corrected chi connectivity index (χ1v) is 9.06. The third-order valence-electron chi connectivity index (χ3n) is 4.68. The number of nitrogens with zero attached hydrogens (tertiary/aromatic N) is 1. The Morgan fingerprint density at radius 2 is 1.81 bits per heavy atom. The average molecular weight is 369 g/mol. The molecule has 1 heterocycles. The molecule has 4 nitrogen and oxygen atoms in total. The Labute approximate surface area is 158 Å². The number of nitrogens with one attached hydrogen (secondary N) is 1. The fourth-order valence-corrected chi connectivity index (χ4v) is 3.58. The van der Waals surface area contributed by atoms with Gasteiger partial charge in [-0.2, -0.15) is 0 Å². The average Bonchev–Trinajstić information content (AvgIpc) is 2.87. The number of carbonyl (C=O) groups excluding carboxylic acids is 2. The summed E-state index contributed by atoms with van der Waals surface area (Å²) in [6, 6.07) is 11.0. The van der Waals surface area contributed by atoms with E-state index in [-0.39, 0.29) is 18.4 Å². The molecule has 0 saturated heterocycles. The lowest BCUT2D eigenvalue weighted by atomic mass is 10.0. The van der Waals surface area contributed by atoms with Gasteiger partial charge in [-0.3, -0.25) is 14.5 Å². The van der Waals surface area contributed by atoms with E-state index < -0.39 is 0 Å². The van der Waals surface area contributed by atoms with Crippen molar-refractivity contribution in [2.75, 3.05) is 11.9 Å². The summed E-state index contributed by atoms with van der Waals surface area (Å²) in [5, 5.41) is 3.59. The first kappa shape index (κ1) is 18.2. The molecule has 5 heteroatoms. The smallest absolute Gasteiger partial charge is 0.259 e. The Morgan fingerprint density at radius 1 is 1.12 bits per heavy atom. The Balaban J connectivity index is 1.82. The molecule has 0 atom stereocenters. The van der Waals surface area contributed by atoms with Gasteiger partial charge in [0.25, 0.3) is 5.91 Å². The monoisotopic (exact) mass is 368 g/mol. The maximum atomic E-state index is 12.7. The predicted molar refractivity (Wildman–Crippen MR) is 105 cm³/mol. The van der Waals surface area contributed by atoms with Crippen molar-refractivity contribution in [1.29, 1.82) is 0 Å². The van der Waals surface area contributed by atoms with Gasteiger partial charge in [-0.05, 0) is 36.1 Å². The fourth-order valence-electron chi connectivity index (χ4n) is 3.29. The van der Waals surface area contributed by atoms with E-state index in [1.807, 2.05) is 38.1 Å². The first-order chi connectivity index (χ1) is 12.5. The Hall–Kier alpha value is -2.59. The van der Waals surface area contributed by atoms with E-state index in [0.717, 1.165) is 28.8 Å². The van der Waals surface area contributed by atoms with Gasteiger partial charge < -0.3 is 5.32 Å². The molecule has 2 aromatic rings.